The lowest BCUT2D eigenvalue weighted by atomic mass is 9.74. The van der Waals surface area contributed by atoms with E-state index < -0.39 is 23.8 Å². The summed E-state index contributed by atoms with van der Waals surface area (Å²) in [5, 5.41) is 4.43. The van der Waals surface area contributed by atoms with Gasteiger partial charge in [0.1, 0.15) is 17.4 Å². The van der Waals surface area contributed by atoms with E-state index in [0.717, 1.165) is 30.4 Å². The average molecular weight is 467 g/mol. The molecule has 0 radical (unpaired) electrons. The molecule has 0 amide bonds. The minimum Gasteiger partial charge on any atom is -0.465 e. The van der Waals surface area contributed by atoms with E-state index in [2.05, 4.69) is 17.1 Å². The molecule has 7 heteroatoms. The van der Waals surface area contributed by atoms with E-state index in [-0.39, 0.29) is 13.2 Å². The fourth-order valence-corrected chi connectivity index (χ4v) is 4.53. The Morgan fingerprint density at radius 1 is 1.00 bits per heavy atom. The molecular weight excluding hydrogens is 432 g/mol. The number of hydrogen-bond acceptors (Lipinski definition) is 7. The van der Waals surface area contributed by atoms with Crippen molar-refractivity contribution in [2.75, 3.05) is 13.2 Å². The van der Waals surface area contributed by atoms with Crippen LogP contribution in [0, 0.1) is 5.92 Å². The molecule has 0 saturated carbocycles. The van der Waals surface area contributed by atoms with E-state index in [1.165, 1.54) is 0 Å². The highest BCUT2D eigenvalue weighted by Crippen LogP contribution is 2.45. The topological polar surface area (TPSA) is 91.0 Å². The van der Waals surface area contributed by atoms with Crippen molar-refractivity contribution in [2.45, 2.75) is 66.2 Å². The van der Waals surface area contributed by atoms with Gasteiger partial charge in [0.05, 0.1) is 18.8 Å². The minimum absolute atomic E-state index is 0.216. The molecule has 0 bridgehead atoms. The number of unbranched alkanes of at least 4 members (excludes halogenated alkanes) is 2. The van der Waals surface area contributed by atoms with Crippen molar-refractivity contribution in [1.82, 2.24) is 5.16 Å². The molecule has 2 aromatic rings. The summed E-state index contributed by atoms with van der Waals surface area (Å²) in [4.78, 5) is 31.0. The van der Waals surface area contributed by atoms with Gasteiger partial charge < -0.3 is 14.0 Å². The van der Waals surface area contributed by atoms with Crippen LogP contribution in [0.2, 0.25) is 0 Å². The molecule has 0 fully saturated rings. The summed E-state index contributed by atoms with van der Waals surface area (Å²) >= 11 is 0. The van der Waals surface area contributed by atoms with Crippen molar-refractivity contribution < 1.29 is 23.6 Å². The molecule has 0 aliphatic carbocycles. The number of aliphatic imine (C=N–C) groups is 1. The molecule has 0 N–H and O–H groups in total. The lowest BCUT2D eigenvalue weighted by molar-refractivity contribution is -0.146. The van der Waals surface area contributed by atoms with Crippen molar-refractivity contribution in [3.63, 3.8) is 0 Å². The second kappa shape index (κ2) is 11.8. The van der Waals surface area contributed by atoms with Crippen LogP contribution in [0.1, 0.15) is 71.1 Å². The van der Waals surface area contributed by atoms with Crippen LogP contribution < -0.4 is 0 Å². The summed E-state index contributed by atoms with van der Waals surface area (Å²) in [7, 11) is 0. The summed E-state index contributed by atoms with van der Waals surface area (Å²) in [6.07, 6.45) is 3.66. The third-order valence-electron chi connectivity index (χ3n) is 6.03. The van der Waals surface area contributed by atoms with Crippen LogP contribution in [0.15, 0.2) is 51.1 Å². The zero-order valence-electron chi connectivity index (χ0n) is 20.7. The molecule has 0 saturated heterocycles. The maximum absolute atomic E-state index is 13.2. The molecule has 2 atom stereocenters. The predicted molar refractivity (Wildman–Crippen MR) is 130 cm³/mol. The summed E-state index contributed by atoms with van der Waals surface area (Å²) in [6, 6.07) is 9.67. The second-order valence-electron chi connectivity index (χ2n) is 8.37. The zero-order valence-corrected chi connectivity index (χ0v) is 20.7. The molecule has 1 aromatic heterocycles. The first-order valence-electron chi connectivity index (χ1n) is 12.1. The van der Waals surface area contributed by atoms with Gasteiger partial charge in [-0.25, -0.2) is 4.79 Å². The van der Waals surface area contributed by atoms with Crippen molar-refractivity contribution in [3.05, 3.63) is 52.9 Å². The maximum atomic E-state index is 13.2. The lowest BCUT2D eigenvalue weighted by Gasteiger charge is -2.31. The molecule has 1 aliphatic heterocycles. The van der Waals surface area contributed by atoms with E-state index >= 15 is 0 Å². The highest BCUT2D eigenvalue weighted by molar-refractivity contribution is 6.07. The van der Waals surface area contributed by atoms with E-state index in [1.807, 2.05) is 30.3 Å². The van der Waals surface area contributed by atoms with Gasteiger partial charge in [-0.2, -0.15) is 0 Å². The molecular formula is C27H34N2O5. The minimum atomic E-state index is -0.783. The molecule has 0 spiro atoms. The summed E-state index contributed by atoms with van der Waals surface area (Å²) in [6.45, 7) is 9.68. The first-order chi connectivity index (χ1) is 16.4. The van der Waals surface area contributed by atoms with Crippen LogP contribution >= 0.6 is 0 Å². The fraction of sp³-hybridized carbons (Fsp3) is 0.481. The number of esters is 2. The Kier molecular flexibility index (Phi) is 8.79. The molecule has 2 unspecified atom stereocenters. The van der Waals surface area contributed by atoms with Crippen molar-refractivity contribution in [1.29, 1.82) is 0 Å². The number of carbonyl (C=O) groups excluding carboxylic acids is 2. The van der Waals surface area contributed by atoms with E-state index in [9.17, 15) is 9.59 Å². The van der Waals surface area contributed by atoms with Crippen molar-refractivity contribution >= 4 is 17.7 Å². The highest BCUT2D eigenvalue weighted by Gasteiger charge is 2.45. The third kappa shape index (κ3) is 5.29. The molecule has 7 nitrogen and oxygen atoms in total. The molecule has 1 aromatic carbocycles. The maximum Gasteiger partial charge on any atom is 0.336 e. The molecule has 34 heavy (non-hydrogen) atoms. The van der Waals surface area contributed by atoms with Gasteiger partial charge in [0.2, 0.25) is 0 Å². The Labute approximate surface area is 201 Å². The first-order valence-corrected chi connectivity index (χ1v) is 12.1. The van der Waals surface area contributed by atoms with Crippen LogP contribution in [0.3, 0.4) is 0 Å². The Balaban J connectivity index is 2.27. The largest absolute Gasteiger partial charge is 0.465 e. The van der Waals surface area contributed by atoms with Gasteiger partial charge in [-0.3, -0.25) is 9.79 Å². The number of aryl methyl sites for hydroxylation is 1. The summed E-state index contributed by atoms with van der Waals surface area (Å²) in [5.41, 5.74) is 3.68. The van der Waals surface area contributed by atoms with Crippen LogP contribution in [0.5, 0.6) is 0 Å². The molecule has 182 valence electrons. The molecule has 2 heterocycles. The SMILES string of the molecule is CCCCCc1onc(-c2ccccc2)c1C1C(C(=O)OCC)=C(C)N=C(C)C1C(=O)OCC. The number of aromatic nitrogens is 1. The smallest absolute Gasteiger partial charge is 0.336 e. The van der Waals surface area contributed by atoms with Gasteiger partial charge in [-0.05, 0) is 34.1 Å². The van der Waals surface area contributed by atoms with Crippen molar-refractivity contribution in [3.8, 4) is 11.3 Å². The van der Waals surface area contributed by atoms with E-state index in [4.69, 9.17) is 14.0 Å². The van der Waals surface area contributed by atoms with Crippen molar-refractivity contribution in [2.24, 2.45) is 10.9 Å². The van der Waals surface area contributed by atoms with E-state index in [0.29, 0.717) is 34.9 Å². The number of rotatable bonds is 10. The Morgan fingerprint density at radius 2 is 1.71 bits per heavy atom. The highest BCUT2D eigenvalue weighted by atomic mass is 16.5. The Hall–Kier alpha value is -3.22. The van der Waals surface area contributed by atoms with Gasteiger partial charge in [-0.15, -0.1) is 0 Å². The van der Waals surface area contributed by atoms with Gasteiger partial charge in [-0.1, -0.05) is 55.3 Å². The fourth-order valence-electron chi connectivity index (χ4n) is 4.53. The first kappa shape index (κ1) is 25.4. The normalized spacial score (nSPS) is 18.0. The average Bonchev–Trinajstić information content (AvgIpc) is 3.23. The van der Waals surface area contributed by atoms with Gasteiger partial charge in [0, 0.05) is 34.9 Å². The van der Waals surface area contributed by atoms with Crippen LogP contribution in [-0.2, 0) is 25.5 Å². The number of nitrogens with zero attached hydrogens (tertiary/aromatic N) is 2. The lowest BCUT2D eigenvalue weighted by Crippen LogP contribution is -2.37. The number of hydrogen-bond donors (Lipinski definition) is 0. The molecule has 3 rings (SSSR count). The van der Waals surface area contributed by atoms with Gasteiger partial charge in [0.25, 0.3) is 0 Å². The number of carbonyl (C=O) groups is 2. The number of benzene rings is 1. The number of allylic oxidation sites excluding steroid dienone is 1. The van der Waals surface area contributed by atoms with Crippen LogP contribution in [0.4, 0.5) is 0 Å². The van der Waals surface area contributed by atoms with Crippen LogP contribution in [0.25, 0.3) is 11.3 Å². The zero-order chi connectivity index (χ0) is 24.7. The number of ether oxygens (including phenoxy) is 2. The third-order valence-corrected chi connectivity index (χ3v) is 6.03. The summed E-state index contributed by atoms with van der Waals surface area (Å²) in [5.74, 6) is -1.70. The predicted octanol–water partition coefficient (Wildman–Crippen LogP) is 5.65. The quantitative estimate of drug-likeness (QED) is 0.332. The van der Waals surface area contributed by atoms with E-state index in [1.54, 1.807) is 27.7 Å². The van der Waals surface area contributed by atoms with Crippen LogP contribution in [-0.4, -0.2) is 36.0 Å². The Morgan fingerprint density at radius 3 is 2.35 bits per heavy atom. The molecule has 1 aliphatic rings. The summed E-state index contributed by atoms with van der Waals surface area (Å²) < 4.78 is 16.7. The van der Waals surface area contributed by atoms with Gasteiger partial charge in [0.15, 0.2) is 0 Å². The standard InChI is InChI=1S/C27H34N2O5/c1-6-9-11-16-20-23(25(29-34-20)19-14-12-10-13-15-19)24-21(26(30)32-7-2)17(4)28-18(5)22(24)27(31)33-8-3/h10,12-15,21,24H,6-9,11,16H2,1-5H3. The second-order valence-corrected chi connectivity index (χ2v) is 8.37. The Bertz CT molecular complexity index is 1070. The van der Waals surface area contributed by atoms with Gasteiger partial charge >= 0.3 is 11.9 Å². The monoisotopic (exact) mass is 466 g/mol.